The maximum absolute atomic E-state index is 12.3. The van der Waals surface area contributed by atoms with Crippen molar-refractivity contribution in [2.75, 3.05) is 40.0 Å². The van der Waals surface area contributed by atoms with Gasteiger partial charge in [0.25, 0.3) is 0 Å². The standard InChI is InChI=1S/C17H29N3O5/c1-3-25-17(23)20-8-5-12(6-9-20)19-16(22)14-11-13(14)15(21)18-7-4-10-24-2/h12-14H,3-11H2,1-2H3,(H,18,21)(H,19,22). The van der Waals surface area contributed by atoms with Gasteiger partial charge >= 0.3 is 6.09 Å². The number of likely N-dealkylation sites (tertiary alicyclic amines) is 1. The molecule has 0 radical (unpaired) electrons. The smallest absolute Gasteiger partial charge is 0.409 e. The maximum Gasteiger partial charge on any atom is 0.409 e. The van der Waals surface area contributed by atoms with E-state index in [2.05, 4.69) is 10.6 Å². The van der Waals surface area contributed by atoms with E-state index in [0.717, 1.165) is 6.42 Å². The molecule has 25 heavy (non-hydrogen) atoms. The van der Waals surface area contributed by atoms with Crippen LogP contribution in [0.25, 0.3) is 0 Å². The summed E-state index contributed by atoms with van der Waals surface area (Å²) in [5, 5.41) is 5.86. The Labute approximate surface area is 148 Å². The van der Waals surface area contributed by atoms with Crippen LogP contribution in [0.1, 0.15) is 32.6 Å². The molecule has 0 bridgehead atoms. The third-order valence-electron chi connectivity index (χ3n) is 4.66. The van der Waals surface area contributed by atoms with E-state index in [1.54, 1.807) is 18.9 Å². The van der Waals surface area contributed by atoms with Crippen LogP contribution in [0.2, 0.25) is 0 Å². The fraction of sp³-hybridized carbons (Fsp3) is 0.824. The van der Waals surface area contributed by atoms with Crippen LogP contribution in [0.4, 0.5) is 4.79 Å². The van der Waals surface area contributed by atoms with E-state index in [4.69, 9.17) is 9.47 Å². The van der Waals surface area contributed by atoms with Gasteiger partial charge in [0.05, 0.1) is 18.4 Å². The summed E-state index contributed by atoms with van der Waals surface area (Å²) in [4.78, 5) is 37.6. The Morgan fingerprint density at radius 2 is 1.80 bits per heavy atom. The number of piperidine rings is 1. The Hall–Kier alpha value is -1.83. The number of hydrogen-bond acceptors (Lipinski definition) is 5. The van der Waals surface area contributed by atoms with Gasteiger partial charge in [-0.3, -0.25) is 9.59 Å². The first-order chi connectivity index (χ1) is 12.1. The minimum absolute atomic E-state index is 0.0478. The van der Waals surface area contributed by atoms with E-state index >= 15 is 0 Å². The first kappa shape index (κ1) is 19.5. The summed E-state index contributed by atoms with van der Waals surface area (Å²) < 4.78 is 9.91. The van der Waals surface area contributed by atoms with Crippen molar-refractivity contribution < 1.29 is 23.9 Å². The monoisotopic (exact) mass is 355 g/mol. The Bertz CT molecular complexity index is 477. The molecule has 0 aromatic rings. The highest BCUT2D eigenvalue weighted by Gasteiger charge is 2.48. The van der Waals surface area contributed by atoms with Crippen LogP contribution in [0.15, 0.2) is 0 Å². The number of nitrogens with one attached hydrogen (secondary N) is 2. The Morgan fingerprint density at radius 1 is 1.12 bits per heavy atom. The second-order valence-corrected chi connectivity index (χ2v) is 6.55. The van der Waals surface area contributed by atoms with Crippen LogP contribution >= 0.6 is 0 Å². The number of nitrogens with zero attached hydrogens (tertiary/aromatic N) is 1. The molecular weight excluding hydrogens is 326 g/mol. The molecule has 1 saturated carbocycles. The fourth-order valence-electron chi connectivity index (χ4n) is 3.06. The summed E-state index contributed by atoms with van der Waals surface area (Å²) in [5.74, 6) is -0.521. The lowest BCUT2D eigenvalue weighted by Crippen LogP contribution is -2.47. The van der Waals surface area contributed by atoms with Gasteiger partial charge in [-0.05, 0) is 32.6 Å². The number of ether oxygens (including phenoxy) is 2. The predicted molar refractivity (Wildman–Crippen MR) is 90.9 cm³/mol. The van der Waals surface area contributed by atoms with Gasteiger partial charge in [-0.2, -0.15) is 0 Å². The van der Waals surface area contributed by atoms with Crippen LogP contribution in [-0.2, 0) is 19.1 Å². The third-order valence-corrected chi connectivity index (χ3v) is 4.66. The van der Waals surface area contributed by atoms with Gasteiger partial charge in [0.15, 0.2) is 0 Å². The summed E-state index contributed by atoms with van der Waals surface area (Å²) in [6, 6.07) is 0.0594. The largest absolute Gasteiger partial charge is 0.450 e. The molecule has 142 valence electrons. The number of carbonyl (C=O) groups excluding carboxylic acids is 3. The fourth-order valence-corrected chi connectivity index (χ4v) is 3.06. The van der Waals surface area contributed by atoms with Gasteiger partial charge in [-0.25, -0.2) is 4.79 Å². The molecule has 2 fully saturated rings. The van der Waals surface area contributed by atoms with Gasteiger partial charge < -0.3 is 25.0 Å². The van der Waals surface area contributed by atoms with Crippen molar-refractivity contribution in [3.63, 3.8) is 0 Å². The minimum Gasteiger partial charge on any atom is -0.450 e. The van der Waals surface area contributed by atoms with Crippen molar-refractivity contribution >= 4 is 17.9 Å². The number of hydrogen-bond donors (Lipinski definition) is 2. The zero-order chi connectivity index (χ0) is 18.2. The van der Waals surface area contributed by atoms with Crippen LogP contribution in [0, 0.1) is 11.8 Å². The Morgan fingerprint density at radius 3 is 2.44 bits per heavy atom. The second-order valence-electron chi connectivity index (χ2n) is 6.55. The second kappa shape index (κ2) is 9.60. The average Bonchev–Trinajstić information content (AvgIpc) is 3.40. The number of amides is 3. The van der Waals surface area contributed by atoms with E-state index < -0.39 is 0 Å². The quantitative estimate of drug-likeness (QED) is 0.619. The Kier molecular flexibility index (Phi) is 7.49. The molecule has 8 heteroatoms. The van der Waals surface area contributed by atoms with Crippen LogP contribution < -0.4 is 10.6 Å². The zero-order valence-electron chi connectivity index (χ0n) is 15.1. The summed E-state index contributed by atoms with van der Waals surface area (Å²) >= 11 is 0. The van der Waals surface area contributed by atoms with Crippen molar-refractivity contribution in [2.45, 2.75) is 38.6 Å². The summed E-state index contributed by atoms with van der Waals surface area (Å²) in [7, 11) is 1.63. The van der Waals surface area contributed by atoms with Gasteiger partial charge in [0.2, 0.25) is 11.8 Å². The first-order valence-corrected chi connectivity index (χ1v) is 9.05. The van der Waals surface area contributed by atoms with Crippen molar-refractivity contribution in [3.8, 4) is 0 Å². The molecule has 1 heterocycles. The first-order valence-electron chi connectivity index (χ1n) is 9.05. The molecule has 2 N–H and O–H groups in total. The topological polar surface area (TPSA) is 97.0 Å². The normalized spacial score (nSPS) is 23.0. The van der Waals surface area contributed by atoms with Gasteiger partial charge in [0.1, 0.15) is 0 Å². The van der Waals surface area contributed by atoms with E-state index in [-0.39, 0.29) is 35.8 Å². The molecule has 0 aromatic heterocycles. The van der Waals surface area contributed by atoms with Gasteiger partial charge in [-0.1, -0.05) is 0 Å². The molecule has 2 aliphatic rings. The molecule has 1 aliphatic carbocycles. The maximum atomic E-state index is 12.3. The summed E-state index contributed by atoms with van der Waals surface area (Å²) in [6.45, 7) is 4.50. The average molecular weight is 355 g/mol. The number of carbonyl (C=O) groups is 3. The Balaban J connectivity index is 1.63. The third kappa shape index (κ3) is 5.88. The zero-order valence-corrected chi connectivity index (χ0v) is 15.1. The summed E-state index contributed by atoms with van der Waals surface area (Å²) in [6.07, 6.45) is 2.52. The molecule has 8 nitrogen and oxygen atoms in total. The molecule has 2 unspecified atom stereocenters. The molecule has 2 atom stereocenters. The molecule has 3 amide bonds. The van der Waals surface area contributed by atoms with Crippen LogP contribution in [0.3, 0.4) is 0 Å². The molecular formula is C17H29N3O5. The highest BCUT2D eigenvalue weighted by Crippen LogP contribution is 2.39. The van der Waals surface area contributed by atoms with Crippen LogP contribution in [0.5, 0.6) is 0 Å². The lowest BCUT2D eigenvalue weighted by Gasteiger charge is -2.31. The van der Waals surface area contributed by atoms with Crippen molar-refractivity contribution in [1.82, 2.24) is 15.5 Å². The van der Waals surface area contributed by atoms with E-state index in [1.807, 2.05) is 0 Å². The van der Waals surface area contributed by atoms with Gasteiger partial charge in [0, 0.05) is 39.4 Å². The predicted octanol–water partition coefficient (Wildman–Crippen LogP) is 0.512. The molecule has 1 saturated heterocycles. The van der Waals surface area contributed by atoms with E-state index in [0.29, 0.717) is 52.1 Å². The minimum atomic E-state index is -0.292. The van der Waals surface area contributed by atoms with E-state index in [9.17, 15) is 14.4 Å². The molecule has 0 aromatic carbocycles. The lowest BCUT2D eigenvalue weighted by molar-refractivity contribution is -0.127. The molecule has 1 aliphatic heterocycles. The number of methoxy groups -OCH3 is 1. The lowest BCUT2D eigenvalue weighted by atomic mass is 10.1. The summed E-state index contributed by atoms with van der Waals surface area (Å²) in [5.41, 5.74) is 0. The molecule has 2 rings (SSSR count). The van der Waals surface area contributed by atoms with Crippen LogP contribution in [-0.4, -0.2) is 68.8 Å². The van der Waals surface area contributed by atoms with E-state index in [1.165, 1.54) is 0 Å². The van der Waals surface area contributed by atoms with Crippen molar-refractivity contribution in [2.24, 2.45) is 11.8 Å². The number of rotatable bonds is 8. The highest BCUT2D eigenvalue weighted by molar-refractivity contribution is 5.92. The van der Waals surface area contributed by atoms with Crippen molar-refractivity contribution in [3.05, 3.63) is 0 Å². The van der Waals surface area contributed by atoms with Gasteiger partial charge in [-0.15, -0.1) is 0 Å². The SMILES string of the molecule is CCOC(=O)N1CCC(NC(=O)C2CC2C(=O)NCCCOC)CC1. The highest BCUT2D eigenvalue weighted by atomic mass is 16.6. The van der Waals surface area contributed by atoms with Crippen molar-refractivity contribution in [1.29, 1.82) is 0 Å². The molecule has 0 spiro atoms.